The molecule has 0 spiro atoms. The van der Waals surface area contributed by atoms with E-state index in [9.17, 15) is 8.42 Å². The molecule has 3 heterocycles. The Morgan fingerprint density at radius 2 is 2.08 bits per heavy atom. The molecule has 24 heavy (non-hydrogen) atoms. The number of sulfonamides is 1. The Morgan fingerprint density at radius 3 is 2.79 bits per heavy atom. The number of methoxy groups -OCH3 is 1. The molecule has 2 aromatic heterocycles. The Bertz CT molecular complexity index is 1020. The first-order valence-electron chi connectivity index (χ1n) is 7.73. The Balaban J connectivity index is 1.71. The predicted octanol–water partition coefficient (Wildman–Crippen LogP) is 3.29. The number of ether oxygens (including phenoxy) is 1. The van der Waals surface area contributed by atoms with Crippen LogP contribution in [0.2, 0.25) is 0 Å². The number of rotatable bonds is 3. The zero-order valence-electron chi connectivity index (χ0n) is 13.5. The smallest absolute Gasteiger partial charge is 0.252 e. The molecule has 1 aliphatic rings. The highest BCUT2D eigenvalue weighted by Crippen LogP contribution is 2.33. The van der Waals surface area contributed by atoms with E-state index in [2.05, 4.69) is 4.98 Å². The van der Waals surface area contributed by atoms with Gasteiger partial charge in [-0.2, -0.15) is 4.31 Å². The summed E-state index contributed by atoms with van der Waals surface area (Å²) < 4.78 is 32.9. The molecule has 0 amide bonds. The predicted molar refractivity (Wildman–Crippen MR) is 95.2 cm³/mol. The second kappa shape index (κ2) is 5.61. The van der Waals surface area contributed by atoms with E-state index in [1.165, 1.54) is 16.9 Å². The van der Waals surface area contributed by atoms with E-state index in [1.54, 1.807) is 17.5 Å². The third-order valence-electron chi connectivity index (χ3n) is 4.46. The molecule has 5 nitrogen and oxygen atoms in total. The molecule has 0 saturated heterocycles. The van der Waals surface area contributed by atoms with Crippen LogP contribution in [0.4, 0.5) is 0 Å². The zero-order chi connectivity index (χ0) is 16.9. The van der Waals surface area contributed by atoms with Crippen molar-refractivity contribution in [3.63, 3.8) is 0 Å². The van der Waals surface area contributed by atoms with Gasteiger partial charge in [0.1, 0.15) is 9.96 Å². The number of aromatic nitrogens is 1. The lowest BCUT2D eigenvalue weighted by atomic mass is 10.0. The maximum atomic E-state index is 12.8. The van der Waals surface area contributed by atoms with Crippen molar-refractivity contribution in [1.29, 1.82) is 0 Å². The van der Waals surface area contributed by atoms with Gasteiger partial charge in [-0.1, -0.05) is 0 Å². The van der Waals surface area contributed by atoms with Crippen LogP contribution in [0.25, 0.3) is 10.9 Å². The average molecular weight is 362 g/mol. The largest absolute Gasteiger partial charge is 0.497 e. The van der Waals surface area contributed by atoms with Crippen molar-refractivity contribution >= 4 is 32.3 Å². The molecule has 4 rings (SSSR count). The number of aryl methyl sites for hydroxylation is 1. The number of nitrogens with zero attached hydrogens (tertiary/aromatic N) is 1. The summed E-state index contributed by atoms with van der Waals surface area (Å²) in [7, 11) is -1.78. The van der Waals surface area contributed by atoms with E-state index < -0.39 is 10.0 Å². The molecule has 3 aromatic rings. The lowest BCUT2D eigenvalue weighted by molar-refractivity contribution is 0.389. The second-order valence-electron chi connectivity index (χ2n) is 5.95. The van der Waals surface area contributed by atoms with E-state index in [4.69, 9.17) is 4.74 Å². The fraction of sp³-hybridized carbons (Fsp3) is 0.294. The first-order valence-corrected chi connectivity index (χ1v) is 9.99. The molecular weight excluding hydrogens is 344 g/mol. The van der Waals surface area contributed by atoms with Gasteiger partial charge in [-0.15, -0.1) is 11.3 Å². The summed E-state index contributed by atoms with van der Waals surface area (Å²) in [5.41, 5.74) is 3.19. The van der Waals surface area contributed by atoms with Crippen molar-refractivity contribution in [2.45, 2.75) is 24.1 Å². The quantitative estimate of drug-likeness (QED) is 0.778. The maximum absolute atomic E-state index is 12.8. The van der Waals surface area contributed by atoms with Crippen LogP contribution in [0.15, 0.2) is 34.5 Å². The summed E-state index contributed by atoms with van der Waals surface area (Å²) in [4.78, 5) is 4.37. The standard InChI is InChI=1S/C17H18N2O3S2/c1-11-3-6-17(23-11)24(20,21)19-8-7-13-14-9-12(22-2)4-5-15(14)18-16(13)10-19/h3-6,9,18H,7-8,10H2,1-2H3. The van der Waals surface area contributed by atoms with Crippen molar-refractivity contribution < 1.29 is 13.2 Å². The highest BCUT2D eigenvalue weighted by atomic mass is 32.2. The number of H-pyrrole nitrogens is 1. The molecule has 0 fully saturated rings. The van der Waals surface area contributed by atoms with Crippen molar-refractivity contribution in [1.82, 2.24) is 9.29 Å². The van der Waals surface area contributed by atoms with Crippen molar-refractivity contribution in [2.24, 2.45) is 0 Å². The molecule has 126 valence electrons. The summed E-state index contributed by atoms with van der Waals surface area (Å²) >= 11 is 1.32. The van der Waals surface area contributed by atoms with Gasteiger partial charge in [-0.3, -0.25) is 0 Å². The number of fused-ring (bicyclic) bond motifs is 3. The average Bonchev–Trinajstić information content (AvgIpc) is 3.17. The van der Waals surface area contributed by atoms with Gasteiger partial charge in [0.25, 0.3) is 10.0 Å². The molecule has 0 aliphatic carbocycles. The van der Waals surface area contributed by atoms with Gasteiger partial charge in [0, 0.05) is 28.0 Å². The monoisotopic (exact) mass is 362 g/mol. The molecule has 0 atom stereocenters. The number of hydrogen-bond acceptors (Lipinski definition) is 4. The SMILES string of the molecule is COc1ccc2[nH]c3c(c2c1)CCN(S(=O)(=O)c1ccc(C)s1)C3. The van der Waals surface area contributed by atoms with Crippen molar-refractivity contribution in [2.75, 3.05) is 13.7 Å². The zero-order valence-corrected chi connectivity index (χ0v) is 15.1. The van der Waals surface area contributed by atoms with Gasteiger partial charge >= 0.3 is 0 Å². The first kappa shape index (κ1) is 15.7. The normalized spacial score (nSPS) is 15.6. The molecule has 0 saturated carbocycles. The van der Waals surface area contributed by atoms with Crippen LogP contribution in [-0.4, -0.2) is 31.4 Å². The molecule has 1 aliphatic heterocycles. The fourth-order valence-electron chi connectivity index (χ4n) is 3.21. The molecular formula is C17H18N2O3S2. The number of benzene rings is 1. The lowest BCUT2D eigenvalue weighted by Crippen LogP contribution is -2.35. The maximum Gasteiger partial charge on any atom is 0.252 e. The first-order chi connectivity index (χ1) is 11.5. The van der Waals surface area contributed by atoms with Crippen LogP contribution in [-0.2, 0) is 23.0 Å². The minimum atomic E-state index is -3.43. The molecule has 0 unspecified atom stereocenters. The minimum absolute atomic E-state index is 0.381. The van der Waals surface area contributed by atoms with E-state index >= 15 is 0 Å². The number of nitrogens with one attached hydrogen (secondary N) is 1. The van der Waals surface area contributed by atoms with Gasteiger partial charge in [0.05, 0.1) is 13.7 Å². The van der Waals surface area contributed by atoms with Gasteiger partial charge in [-0.25, -0.2) is 8.42 Å². The van der Waals surface area contributed by atoms with Gasteiger partial charge in [0.15, 0.2) is 0 Å². The summed E-state index contributed by atoms with van der Waals surface area (Å²) in [5, 5.41) is 1.12. The molecule has 1 N–H and O–H groups in total. The van der Waals surface area contributed by atoms with Crippen LogP contribution in [0.3, 0.4) is 0 Å². The lowest BCUT2D eigenvalue weighted by Gasteiger charge is -2.25. The van der Waals surface area contributed by atoms with Gasteiger partial charge in [0.2, 0.25) is 0 Å². The summed E-state index contributed by atoms with van der Waals surface area (Å²) in [6.07, 6.45) is 0.700. The third kappa shape index (κ3) is 2.44. The van der Waals surface area contributed by atoms with E-state index in [0.29, 0.717) is 23.7 Å². The Labute approximate surface area is 144 Å². The number of hydrogen-bond donors (Lipinski definition) is 1. The second-order valence-corrected chi connectivity index (χ2v) is 9.40. The molecule has 1 aromatic carbocycles. The topological polar surface area (TPSA) is 62.4 Å². The Hall–Kier alpha value is -1.83. The Kier molecular flexibility index (Phi) is 3.67. The van der Waals surface area contributed by atoms with Crippen LogP contribution < -0.4 is 4.74 Å². The van der Waals surface area contributed by atoms with Crippen LogP contribution >= 0.6 is 11.3 Å². The highest BCUT2D eigenvalue weighted by Gasteiger charge is 2.31. The third-order valence-corrected chi connectivity index (χ3v) is 7.77. The van der Waals surface area contributed by atoms with Gasteiger partial charge < -0.3 is 9.72 Å². The van der Waals surface area contributed by atoms with Crippen LogP contribution in [0.5, 0.6) is 5.75 Å². The van der Waals surface area contributed by atoms with Crippen molar-refractivity contribution in [3.05, 3.63) is 46.5 Å². The summed E-state index contributed by atoms with van der Waals surface area (Å²) in [6.45, 7) is 2.80. The van der Waals surface area contributed by atoms with E-state index in [1.807, 2.05) is 31.2 Å². The van der Waals surface area contributed by atoms with Crippen molar-refractivity contribution in [3.8, 4) is 5.75 Å². The number of aromatic amines is 1. The Morgan fingerprint density at radius 1 is 1.25 bits per heavy atom. The molecule has 7 heteroatoms. The number of thiophene rings is 1. The van der Waals surface area contributed by atoms with Crippen LogP contribution in [0, 0.1) is 6.92 Å². The molecule has 0 radical (unpaired) electrons. The highest BCUT2D eigenvalue weighted by molar-refractivity contribution is 7.91. The summed E-state index contributed by atoms with van der Waals surface area (Å²) in [6, 6.07) is 9.45. The van der Waals surface area contributed by atoms with Gasteiger partial charge in [-0.05, 0) is 49.2 Å². The molecule has 0 bridgehead atoms. The van der Waals surface area contributed by atoms with E-state index in [-0.39, 0.29) is 0 Å². The van der Waals surface area contributed by atoms with E-state index in [0.717, 1.165) is 27.2 Å². The summed E-state index contributed by atoms with van der Waals surface area (Å²) in [5.74, 6) is 0.813. The minimum Gasteiger partial charge on any atom is -0.497 e. The fourth-order valence-corrected chi connectivity index (χ4v) is 6.05. The van der Waals surface area contributed by atoms with Crippen LogP contribution in [0.1, 0.15) is 16.1 Å².